The maximum Gasteiger partial charge on any atom is 0.258 e. The van der Waals surface area contributed by atoms with Crippen molar-refractivity contribution >= 4 is 5.91 Å². The van der Waals surface area contributed by atoms with Crippen molar-refractivity contribution < 1.29 is 9.21 Å². The van der Waals surface area contributed by atoms with Gasteiger partial charge in [-0.25, -0.2) is 0 Å². The maximum atomic E-state index is 12.6. The molecule has 0 bridgehead atoms. The van der Waals surface area contributed by atoms with E-state index in [0.29, 0.717) is 11.3 Å². The molecule has 2 aromatic carbocycles. The first kappa shape index (κ1) is 15.7. The summed E-state index contributed by atoms with van der Waals surface area (Å²) in [7, 11) is 1.49. The summed E-state index contributed by atoms with van der Waals surface area (Å²) in [5.74, 6) is 0.252. The Balaban J connectivity index is 2.25. The van der Waals surface area contributed by atoms with E-state index in [0.717, 1.165) is 11.1 Å². The second-order valence-electron chi connectivity index (χ2n) is 5.49. The SMILES string of the molecule is CNC(=O)c1c(-c2ccccc2)oc(-c2ccc(C)cc2)cc1=O. The van der Waals surface area contributed by atoms with Gasteiger partial charge in [-0.05, 0) is 6.92 Å². The summed E-state index contributed by atoms with van der Waals surface area (Å²) in [6.45, 7) is 1.99. The molecule has 0 aliphatic heterocycles. The zero-order chi connectivity index (χ0) is 17.1. The lowest BCUT2D eigenvalue weighted by molar-refractivity contribution is 0.0961. The molecule has 4 nitrogen and oxygen atoms in total. The Morgan fingerprint density at radius 2 is 1.62 bits per heavy atom. The van der Waals surface area contributed by atoms with E-state index in [1.54, 1.807) is 0 Å². The Morgan fingerprint density at radius 1 is 0.958 bits per heavy atom. The van der Waals surface area contributed by atoms with E-state index in [1.807, 2.05) is 61.5 Å². The molecule has 120 valence electrons. The smallest absolute Gasteiger partial charge is 0.258 e. The Kier molecular flexibility index (Phi) is 4.29. The molecular weight excluding hydrogens is 302 g/mol. The Labute approximate surface area is 139 Å². The molecule has 24 heavy (non-hydrogen) atoms. The standard InChI is InChI=1S/C20H17NO3/c1-13-8-10-14(11-9-13)17-12-16(22)18(20(23)21-2)19(24-17)15-6-4-3-5-7-15/h3-12H,1-2H3,(H,21,23). The number of hydrogen-bond donors (Lipinski definition) is 1. The number of aryl methyl sites for hydroxylation is 1. The van der Waals surface area contributed by atoms with Gasteiger partial charge in [0.15, 0.2) is 11.2 Å². The van der Waals surface area contributed by atoms with E-state index in [2.05, 4.69) is 5.32 Å². The van der Waals surface area contributed by atoms with Crippen LogP contribution in [0.5, 0.6) is 0 Å². The first-order valence-electron chi connectivity index (χ1n) is 7.63. The van der Waals surface area contributed by atoms with Gasteiger partial charge in [-0.15, -0.1) is 0 Å². The van der Waals surface area contributed by atoms with E-state index in [9.17, 15) is 9.59 Å². The highest BCUT2D eigenvalue weighted by atomic mass is 16.3. The summed E-state index contributed by atoms with van der Waals surface area (Å²) < 4.78 is 5.96. The van der Waals surface area contributed by atoms with E-state index in [1.165, 1.54) is 13.1 Å². The van der Waals surface area contributed by atoms with Gasteiger partial charge in [0.05, 0.1) is 0 Å². The van der Waals surface area contributed by atoms with Gasteiger partial charge in [-0.2, -0.15) is 0 Å². The van der Waals surface area contributed by atoms with Crippen molar-refractivity contribution in [2.45, 2.75) is 6.92 Å². The molecule has 3 rings (SSSR count). The number of rotatable bonds is 3. The molecular formula is C20H17NO3. The number of benzene rings is 2. The van der Waals surface area contributed by atoms with E-state index >= 15 is 0 Å². The maximum absolute atomic E-state index is 12.6. The zero-order valence-electron chi connectivity index (χ0n) is 13.5. The van der Waals surface area contributed by atoms with E-state index in [4.69, 9.17) is 4.42 Å². The number of hydrogen-bond acceptors (Lipinski definition) is 3. The fourth-order valence-corrected chi connectivity index (χ4v) is 2.49. The topological polar surface area (TPSA) is 59.3 Å². The first-order valence-corrected chi connectivity index (χ1v) is 7.63. The van der Waals surface area contributed by atoms with Crippen LogP contribution in [0.2, 0.25) is 0 Å². The van der Waals surface area contributed by atoms with Gasteiger partial charge < -0.3 is 9.73 Å². The predicted octanol–water partition coefficient (Wildman–Crippen LogP) is 3.64. The fraction of sp³-hybridized carbons (Fsp3) is 0.100. The summed E-state index contributed by atoms with van der Waals surface area (Å²) in [5, 5.41) is 2.50. The molecule has 0 atom stereocenters. The van der Waals surface area contributed by atoms with Gasteiger partial charge in [0.2, 0.25) is 0 Å². The lowest BCUT2D eigenvalue weighted by Gasteiger charge is -2.10. The minimum Gasteiger partial charge on any atom is -0.455 e. The van der Waals surface area contributed by atoms with Crippen LogP contribution in [0.1, 0.15) is 15.9 Å². The van der Waals surface area contributed by atoms with Crippen molar-refractivity contribution in [2.24, 2.45) is 0 Å². The third kappa shape index (κ3) is 2.99. The van der Waals surface area contributed by atoms with Gasteiger partial charge in [-0.1, -0.05) is 60.2 Å². The lowest BCUT2D eigenvalue weighted by Crippen LogP contribution is -2.26. The Hall–Kier alpha value is -3.14. The largest absolute Gasteiger partial charge is 0.455 e. The van der Waals surface area contributed by atoms with Crippen molar-refractivity contribution in [1.29, 1.82) is 0 Å². The average Bonchev–Trinajstić information content (AvgIpc) is 2.62. The van der Waals surface area contributed by atoms with Gasteiger partial charge in [0, 0.05) is 24.2 Å². The van der Waals surface area contributed by atoms with Crippen LogP contribution in [0.15, 0.2) is 69.9 Å². The van der Waals surface area contributed by atoms with Gasteiger partial charge >= 0.3 is 0 Å². The second kappa shape index (κ2) is 6.54. The van der Waals surface area contributed by atoms with Crippen molar-refractivity contribution in [1.82, 2.24) is 5.32 Å². The normalized spacial score (nSPS) is 10.4. The third-order valence-electron chi connectivity index (χ3n) is 3.77. The molecule has 0 saturated carbocycles. The summed E-state index contributed by atoms with van der Waals surface area (Å²) in [6.07, 6.45) is 0. The molecule has 3 aromatic rings. The van der Waals surface area contributed by atoms with Crippen LogP contribution in [0.25, 0.3) is 22.6 Å². The highest BCUT2D eigenvalue weighted by molar-refractivity contribution is 5.99. The van der Waals surface area contributed by atoms with Crippen LogP contribution in [-0.2, 0) is 0 Å². The average molecular weight is 319 g/mol. The van der Waals surface area contributed by atoms with Crippen molar-refractivity contribution in [2.75, 3.05) is 7.05 Å². The first-order chi connectivity index (χ1) is 11.6. The van der Waals surface area contributed by atoms with Crippen molar-refractivity contribution in [3.8, 4) is 22.6 Å². The minimum atomic E-state index is -0.460. The van der Waals surface area contributed by atoms with E-state index in [-0.39, 0.29) is 16.8 Å². The van der Waals surface area contributed by atoms with Crippen LogP contribution in [0, 0.1) is 6.92 Å². The molecule has 1 amide bonds. The second-order valence-corrected chi connectivity index (χ2v) is 5.49. The predicted molar refractivity (Wildman–Crippen MR) is 94.0 cm³/mol. The molecule has 0 aliphatic rings. The van der Waals surface area contributed by atoms with E-state index < -0.39 is 5.91 Å². The Morgan fingerprint density at radius 3 is 2.25 bits per heavy atom. The van der Waals surface area contributed by atoms with Gasteiger partial charge in [-0.3, -0.25) is 9.59 Å². The lowest BCUT2D eigenvalue weighted by atomic mass is 10.0. The van der Waals surface area contributed by atoms with Crippen LogP contribution in [0.3, 0.4) is 0 Å². The molecule has 0 aliphatic carbocycles. The van der Waals surface area contributed by atoms with Crippen LogP contribution < -0.4 is 10.7 Å². The van der Waals surface area contributed by atoms with Crippen molar-refractivity contribution in [3.63, 3.8) is 0 Å². The van der Waals surface area contributed by atoms with Crippen molar-refractivity contribution in [3.05, 3.63) is 82.0 Å². The molecule has 1 N–H and O–H groups in total. The quantitative estimate of drug-likeness (QED) is 0.802. The summed E-state index contributed by atoms with van der Waals surface area (Å²) >= 11 is 0. The van der Waals surface area contributed by atoms with Gasteiger partial charge in [0.1, 0.15) is 11.3 Å². The highest BCUT2D eigenvalue weighted by Crippen LogP contribution is 2.27. The number of carbonyl (C=O) groups excluding carboxylic acids is 1. The molecule has 1 aromatic heterocycles. The van der Waals surface area contributed by atoms with Crippen LogP contribution in [-0.4, -0.2) is 13.0 Å². The zero-order valence-corrected chi connectivity index (χ0v) is 13.5. The molecule has 4 heteroatoms. The summed E-state index contributed by atoms with van der Waals surface area (Å²) in [6, 6.07) is 18.2. The summed E-state index contributed by atoms with van der Waals surface area (Å²) in [5.41, 5.74) is 2.24. The molecule has 0 saturated heterocycles. The van der Waals surface area contributed by atoms with Gasteiger partial charge in [0.25, 0.3) is 5.91 Å². The Bertz CT molecular complexity index is 925. The molecule has 0 radical (unpaired) electrons. The minimum absolute atomic E-state index is 0.0135. The molecule has 0 fully saturated rings. The number of amides is 1. The number of nitrogens with one attached hydrogen (secondary N) is 1. The van der Waals surface area contributed by atoms with Crippen LogP contribution in [0.4, 0.5) is 0 Å². The number of carbonyl (C=O) groups is 1. The summed E-state index contributed by atoms with van der Waals surface area (Å²) in [4.78, 5) is 24.7. The molecule has 0 unspecified atom stereocenters. The highest BCUT2D eigenvalue weighted by Gasteiger charge is 2.20. The fourth-order valence-electron chi connectivity index (χ4n) is 2.49. The molecule has 1 heterocycles. The third-order valence-corrected chi connectivity index (χ3v) is 3.77. The monoisotopic (exact) mass is 319 g/mol. The van der Waals surface area contributed by atoms with Crippen LogP contribution >= 0.6 is 0 Å². The molecule has 0 spiro atoms.